The van der Waals surface area contributed by atoms with E-state index >= 15 is 0 Å². The minimum atomic E-state index is -3.70. The number of ether oxygens (including phenoxy) is 1. The van der Waals surface area contributed by atoms with Crippen molar-refractivity contribution in [3.8, 4) is 0 Å². The lowest BCUT2D eigenvalue weighted by Crippen LogP contribution is -2.35. The molecule has 4 rings (SSSR count). The summed E-state index contributed by atoms with van der Waals surface area (Å²) in [6.45, 7) is 0.484. The van der Waals surface area contributed by atoms with Gasteiger partial charge in [0, 0.05) is 36.8 Å². The first kappa shape index (κ1) is 20.6. The van der Waals surface area contributed by atoms with Crippen LogP contribution in [0.3, 0.4) is 0 Å². The second kappa shape index (κ2) is 7.55. The van der Waals surface area contributed by atoms with Crippen molar-refractivity contribution in [3.05, 3.63) is 28.3 Å². The van der Waals surface area contributed by atoms with Gasteiger partial charge >= 0.3 is 0 Å². The van der Waals surface area contributed by atoms with E-state index in [2.05, 4.69) is 5.48 Å². The molecule has 0 spiro atoms. The normalized spacial score (nSPS) is 28.0. The lowest BCUT2D eigenvalue weighted by Gasteiger charge is -2.23. The summed E-state index contributed by atoms with van der Waals surface area (Å²) in [6, 6.07) is 2.41. The van der Waals surface area contributed by atoms with Crippen LogP contribution in [0, 0.1) is 5.92 Å². The van der Waals surface area contributed by atoms with Crippen molar-refractivity contribution >= 4 is 38.8 Å². The van der Waals surface area contributed by atoms with Gasteiger partial charge in [0.25, 0.3) is 0 Å². The topological polar surface area (TPSA) is 116 Å². The summed E-state index contributed by atoms with van der Waals surface area (Å²) in [5, 5.41) is -0.132. The highest BCUT2D eigenvalue weighted by molar-refractivity contribution is 7.90. The van der Waals surface area contributed by atoms with Crippen LogP contribution < -0.4 is 5.48 Å². The molecule has 0 radical (unpaired) electrons. The summed E-state index contributed by atoms with van der Waals surface area (Å²) >= 11 is 6.53. The van der Waals surface area contributed by atoms with Gasteiger partial charge < -0.3 is 4.74 Å². The third kappa shape index (κ3) is 3.55. The maximum atomic E-state index is 13.0. The minimum Gasteiger partial charge on any atom is -0.373 e. The highest BCUT2D eigenvalue weighted by Gasteiger charge is 2.46. The van der Waals surface area contributed by atoms with Crippen molar-refractivity contribution in [2.75, 3.05) is 12.9 Å². The van der Waals surface area contributed by atoms with Crippen molar-refractivity contribution in [3.63, 3.8) is 0 Å². The number of rotatable bonds is 4. The number of hydroxylamine groups is 1. The van der Waals surface area contributed by atoms with Gasteiger partial charge in [0.15, 0.2) is 27.2 Å². The fraction of sp³-hybridized carbons (Fsp3) is 0.526. The predicted molar refractivity (Wildman–Crippen MR) is 101 cm³/mol. The first-order chi connectivity index (χ1) is 13.7. The van der Waals surface area contributed by atoms with Crippen molar-refractivity contribution in [2.45, 2.75) is 48.8 Å². The first-order valence-corrected chi connectivity index (χ1v) is 11.6. The molecule has 1 aromatic carbocycles. The van der Waals surface area contributed by atoms with E-state index in [9.17, 15) is 22.8 Å². The third-order valence-electron chi connectivity index (χ3n) is 5.62. The second-order valence-electron chi connectivity index (χ2n) is 7.58. The Bertz CT molecular complexity index is 990. The third-order valence-corrected chi connectivity index (χ3v) is 7.18. The molecule has 3 fully saturated rings. The smallest absolute Gasteiger partial charge is 0.182 e. The summed E-state index contributed by atoms with van der Waals surface area (Å²) in [4.78, 5) is 43.0. The fourth-order valence-corrected chi connectivity index (χ4v) is 5.55. The lowest BCUT2D eigenvalue weighted by atomic mass is 9.81. The molecule has 29 heavy (non-hydrogen) atoms. The molecular formula is C19H20ClNO7S. The molecule has 3 unspecified atom stereocenters. The van der Waals surface area contributed by atoms with Gasteiger partial charge in [-0.15, -0.1) is 0 Å². The number of ketones is 3. The molecule has 2 heterocycles. The average Bonchev–Trinajstić information content (AvgIpc) is 3.24. The molecule has 156 valence electrons. The van der Waals surface area contributed by atoms with Crippen LogP contribution in [0.25, 0.3) is 0 Å². The Labute approximate surface area is 172 Å². The number of fused-ring (bicyclic) bond motifs is 1. The zero-order chi connectivity index (χ0) is 20.9. The lowest BCUT2D eigenvalue weighted by molar-refractivity contribution is -0.133. The SMILES string of the molecule is CS(=O)(=O)c1ccc(C(=O)C2C(=O)CCCC2=O)c(Cl)c1C1ONC2CCOC21. The van der Waals surface area contributed by atoms with E-state index in [1.165, 1.54) is 12.1 Å². The zero-order valence-electron chi connectivity index (χ0n) is 15.6. The number of carbonyl (C=O) groups excluding carboxylic acids is 3. The maximum absolute atomic E-state index is 13.0. The van der Waals surface area contributed by atoms with E-state index in [0.29, 0.717) is 19.4 Å². The predicted octanol–water partition coefficient (Wildman–Crippen LogP) is 1.60. The molecule has 1 aliphatic carbocycles. The van der Waals surface area contributed by atoms with Crippen molar-refractivity contribution in [1.29, 1.82) is 0 Å². The van der Waals surface area contributed by atoms with Gasteiger partial charge in [-0.1, -0.05) is 11.6 Å². The first-order valence-electron chi connectivity index (χ1n) is 9.35. The van der Waals surface area contributed by atoms with Crippen molar-refractivity contribution < 1.29 is 32.4 Å². The summed E-state index contributed by atoms with van der Waals surface area (Å²) in [5.74, 6) is -2.97. The van der Waals surface area contributed by atoms with Crippen molar-refractivity contribution in [2.24, 2.45) is 5.92 Å². The summed E-state index contributed by atoms with van der Waals surface area (Å²) < 4.78 is 30.4. The molecule has 3 atom stereocenters. The van der Waals surface area contributed by atoms with Crippen molar-refractivity contribution in [1.82, 2.24) is 5.48 Å². The summed E-state index contributed by atoms with van der Waals surface area (Å²) in [5.41, 5.74) is 2.87. The summed E-state index contributed by atoms with van der Waals surface area (Å²) in [7, 11) is -3.70. The number of Topliss-reactive ketones (excluding diaryl/α,β-unsaturated/α-hetero) is 3. The largest absolute Gasteiger partial charge is 0.373 e. The fourth-order valence-electron chi connectivity index (χ4n) is 4.19. The molecule has 1 N–H and O–H groups in total. The van der Waals surface area contributed by atoms with Crippen LogP contribution in [0.4, 0.5) is 0 Å². The molecular weight excluding hydrogens is 422 g/mol. The van der Waals surface area contributed by atoms with E-state index in [-0.39, 0.29) is 39.9 Å². The van der Waals surface area contributed by atoms with Crippen LogP contribution >= 0.6 is 11.6 Å². The summed E-state index contributed by atoms with van der Waals surface area (Å²) in [6.07, 6.45) is 1.16. The average molecular weight is 442 g/mol. The van der Waals surface area contributed by atoms with Gasteiger partial charge in [-0.3, -0.25) is 19.2 Å². The standard InChI is InChI=1S/C19H20ClNO7S/c1-29(25,26)13-6-5-9(17(24)14-11(22)3-2-4-12(14)23)16(20)15(13)19-18-10(21-28-19)7-8-27-18/h5-6,10,14,18-19,21H,2-4,7-8H2,1H3. The van der Waals surface area contributed by atoms with Gasteiger partial charge in [0.2, 0.25) is 0 Å². The number of hydrogen-bond donors (Lipinski definition) is 1. The Balaban J connectivity index is 1.82. The van der Waals surface area contributed by atoms with Crippen LogP contribution in [0.5, 0.6) is 0 Å². The maximum Gasteiger partial charge on any atom is 0.182 e. The van der Waals surface area contributed by atoms with Gasteiger partial charge in [0.05, 0.1) is 16.0 Å². The Kier molecular flexibility index (Phi) is 5.37. The van der Waals surface area contributed by atoms with Crippen LogP contribution in [-0.2, 0) is 29.0 Å². The van der Waals surface area contributed by atoms with E-state index in [4.69, 9.17) is 21.2 Å². The molecule has 10 heteroatoms. The quantitative estimate of drug-likeness (QED) is 0.553. The molecule has 1 saturated carbocycles. The molecule has 3 aliphatic rings. The Morgan fingerprint density at radius 2 is 1.90 bits per heavy atom. The van der Waals surface area contributed by atoms with Crippen LogP contribution in [0.2, 0.25) is 5.02 Å². The van der Waals surface area contributed by atoms with E-state index in [0.717, 1.165) is 6.26 Å². The van der Waals surface area contributed by atoms with Crippen LogP contribution in [-0.4, -0.2) is 50.8 Å². The van der Waals surface area contributed by atoms with Crippen LogP contribution in [0.1, 0.15) is 47.7 Å². The Morgan fingerprint density at radius 1 is 1.21 bits per heavy atom. The van der Waals surface area contributed by atoms with E-state index in [1.54, 1.807) is 0 Å². The number of nitrogens with one attached hydrogen (secondary N) is 1. The Hall–Kier alpha value is -1.65. The molecule has 8 nitrogen and oxygen atoms in total. The van der Waals surface area contributed by atoms with E-state index in [1.807, 2.05) is 0 Å². The minimum absolute atomic E-state index is 0.0623. The second-order valence-corrected chi connectivity index (χ2v) is 9.94. The number of benzene rings is 1. The number of halogens is 1. The molecule has 2 aliphatic heterocycles. The van der Waals surface area contributed by atoms with Gasteiger partial charge in [-0.2, -0.15) is 5.48 Å². The number of hydrogen-bond acceptors (Lipinski definition) is 8. The number of carbonyl (C=O) groups is 3. The van der Waals surface area contributed by atoms with Gasteiger partial charge in [-0.05, 0) is 25.0 Å². The zero-order valence-corrected chi connectivity index (χ0v) is 17.2. The Morgan fingerprint density at radius 3 is 2.55 bits per heavy atom. The van der Waals surface area contributed by atoms with Crippen LogP contribution in [0.15, 0.2) is 17.0 Å². The van der Waals surface area contributed by atoms with Gasteiger partial charge in [-0.25, -0.2) is 8.42 Å². The molecule has 1 aromatic rings. The highest BCUT2D eigenvalue weighted by atomic mass is 35.5. The molecule has 2 saturated heterocycles. The monoisotopic (exact) mass is 441 g/mol. The van der Waals surface area contributed by atoms with E-state index < -0.39 is 45.3 Å². The molecule has 0 bridgehead atoms. The highest BCUT2D eigenvalue weighted by Crippen LogP contribution is 2.42. The number of sulfone groups is 1. The molecule has 0 amide bonds. The molecule has 0 aromatic heterocycles. The van der Waals surface area contributed by atoms with Gasteiger partial charge in [0.1, 0.15) is 18.1 Å².